The Bertz CT molecular complexity index is 1760. The fraction of sp³-hybridized carbons (Fsp3) is 0.382. The number of ether oxygens (including phenoxy) is 3. The maximum absolute atomic E-state index is 12.2. The van der Waals surface area contributed by atoms with Crippen molar-refractivity contribution in [1.82, 2.24) is 19.4 Å². The number of rotatable bonds is 9. The molecule has 0 spiro atoms. The Morgan fingerprint density at radius 1 is 1.05 bits per heavy atom. The maximum Gasteiger partial charge on any atom is 0.337 e. The lowest BCUT2D eigenvalue weighted by atomic mass is 9.93. The Morgan fingerprint density at radius 2 is 1.91 bits per heavy atom. The van der Waals surface area contributed by atoms with E-state index >= 15 is 0 Å². The number of carbonyl (C=O) groups is 1. The second-order valence-corrected chi connectivity index (χ2v) is 11.6. The van der Waals surface area contributed by atoms with Gasteiger partial charge < -0.3 is 23.2 Å². The first kappa shape index (κ1) is 27.6. The van der Waals surface area contributed by atoms with Crippen LogP contribution in [-0.4, -0.2) is 58.3 Å². The monoisotopic (exact) mass is 580 g/mol. The molecular weight excluding hydrogens is 544 g/mol. The van der Waals surface area contributed by atoms with Crippen LogP contribution in [0.25, 0.3) is 22.0 Å². The molecule has 0 amide bonds. The van der Waals surface area contributed by atoms with Crippen molar-refractivity contribution in [2.75, 3.05) is 26.8 Å². The standard InChI is InChI=1S/C34H36N4O5/c1-22-6-7-25(33-27(22)13-17-42-33)21-43-32-5-3-4-28(36-32)23-10-14-37(15-11-23)20-31-35-29-9-8-24(34(39)40-2)18-30(29)38(31)19-26-12-16-41-26/h3-9,13,17-18,23,26H,10-12,14-16,19-21H2,1-2H3/t26-/m0/s1. The lowest BCUT2D eigenvalue weighted by molar-refractivity contribution is -0.0592. The van der Waals surface area contributed by atoms with Crippen molar-refractivity contribution in [2.45, 2.75) is 57.9 Å². The van der Waals surface area contributed by atoms with Crippen molar-refractivity contribution >= 4 is 28.0 Å². The molecule has 0 bridgehead atoms. The lowest BCUT2D eigenvalue weighted by Gasteiger charge is -2.32. The summed E-state index contributed by atoms with van der Waals surface area (Å²) in [5, 5.41) is 1.12. The Kier molecular flexibility index (Phi) is 7.59. The van der Waals surface area contributed by atoms with Crippen LogP contribution < -0.4 is 4.74 Å². The molecule has 5 heterocycles. The molecule has 2 fully saturated rings. The van der Waals surface area contributed by atoms with E-state index in [0.29, 0.717) is 24.0 Å². The quantitative estimate of drug-likeness (QED) is 0.196. The largest absolute Gasteiger partial charge is 0.473 e. The highest BCUT2D eigenvalue weighted by Gasteiger charge is 2.26. The van der Waals surface area contributed by atoms with E-state index in [4.69, 9.17) is 28.6 Å². The van der Waals surface area contributed by atoms with Crippen LogP contribution >= 0.6 is 0 Å². The number of aryl methyl sites for hydroxylation is 1. The SMILES string of the molecule is COC(=O)c1ccc2nc(CN3CCC(c4cccc(OCc5ccc(C)c6ccoc56)n4)CC3)n(C[C@@H]3CCO3)c2c1. The van der Waals surface area contributed by atoms with Crippen molar-refractivity contribution in [3.63, 3.8) is 0 Å². The number of hydrogen-bond acceptors (Lipinski definition) is 8. The second kappa shape index (κ2) is 11.8. The molecule has 2 saturated heterocycles. The third-order valence-electron chi connectivity index (χ3n) is 8.84. The van der Waals surface area contributed by atoms with Crippen LogP contribution in [0.2, 0.25) is 0 Å². The van der Waals surface area contributed by atoms with E-state index < -0.39 is 0 Å². The number of esters is 1. The van der Waals surface area contributed by atoms with Crippen LogP contribution in [-0.2, 0) is 29.2 Å². The number of methoxy groups -OCH3 is 1. The molecule has 0 saturated carbocycles. The molecule has 2 aromatic carbocycles. The van der Waals surface area contributed by atoms with E-state index in [1.54, 1.807) is 12.3 Å². The first-order chi connectivity index (χ1) is 21.1. The second-order valence-electron chi connectivity index (χ2n) is 11.6. The third kappa shape index (κ3) is 5.62. The average molecular weight is 581 g/mol. The zero-order valence-corrected chi connectivity index (χ0v) is 24.6. The fourth-order valence-corrected chi connectivity index (χ4v) is 6.22. The Balaban J connectivity index is 1.01. The highest BCUT2D eigenvalue weighted by molar-refractivity contribution is 5.93. The van der Waals surface area contributed by atoms with Crippen LogP contribution in [0.5, 0.6) is 5.88 Å². The molecule has 0 unspecified atom stereocenters. The van der Waals surface area contributed by atoms with Gasteiger partial charge >= 0.3 is 5.97 Å². The van der Waals surface area contributed by atoms with Crippen molar-refractivity contribution in [1.29, 1.82) is 0 Å². The summed E-state index contributed by atoms with van der Waals surface area (Å²) in [5.41, 5.74) is 6.53. The van der Waals surface area contributed by atoms with Gasteiger partial charge in [-0.25, -0.2) is 14.8 Å². The van der Waals surface area contributed by atoms with Gasteiger partial charge in [-0.2, -0.15) is 0 Å². The Morgan fingerprint density at radius 3 is 2.70 bits per heavy atom. The predicted molar refractivity (Wildman–Crippen MR) is 162 cm³/mol. The number of hydrogen-bond donors (Lipinski definition) is 0. The smallest absolute Gasteiger partial charge is 0.337 e. The van der Waals surface area contributed by atoms with Gasteiger partial charge in [-0.3, -0.25) is 4.90 Å². The van der Waals surface area contributed by atoms with Gasteiger partial charge in [0.05, 0.1) is 49.2 Å². The van der Waals surface area contributed by atoms with E-state index in [-0.39, 0.29) is 12.1 Å². The highest BCUT2D eigenvalue weighted by atomic mass is 16.5. The van der Waals surface area contributed by atoms with Crippen LogP contribution in [0.15, 0.2) is 65.3 Å². The number of fused-ring (bicyclic) bond motifs is 2. The summed E-state index contributed by atoms with van der Waals surface area (Å²) in [6.45, 7) is 6.68. The summed E-state index contributed by atoms with van der Waals surface area (Å²) < 4.78 is 24.8. The topological polar surface area (TPSA) is 91.9 Å². The van der Waals surface area contributed by atoms with Crippen molar-refractivity contribution in [3.05, 3.63) is 89.1 Å². The van der Waals surface area contributed by atoms with E-state index in [2.05, 4.69) is 34.6 Å². The van der Waals surface area contributed by atoms with Crippen LogP contribution in [0.3, 0.4) is 0 Å². The van der Waals surface area contributed by atoms with Gasteiger partial charge in [0, 0.05) is 35.2 Å². The maximum atomic E-state index is 12.2. The number of piperidine rings is 1. The van der Waals surface area contributed by atoms with E-state index in [9.17, 15) is 4.79 Å². The molecule has 0 aliphatic carbocycles. The summed E-state index contributed by atoms with van der Waals surface area (Å²) in [6.07, 6.45) is 4.97. The van der Waals surface area contributed by atoms with Crippen molar-refractivity contribution in [2.24, 2.45) is 0 Å². The first-order valence-corrected chi connectivity index (χ1v) is 15.0. The predicted octanol–water partition coefficient (Wildman–Crippen LogP) is 6.02. The molecule has 2 aliphatic rings. The molecule has 5 aromatic rings. The zero-order valence-electron chi connectivity index (χ0n) is 24.6. The molecule has 3 aromatic heterocycles. The number of carbonyl (C=O) groups excluding carboxylic acids is 1. The molecule has 222 valence electrons. The average Bonchev–Trinajstić information content (AvgIpc) is 3.64. The third-order valence-corrected chi connectivity index (χ3v) is 8.84. The van der Waals surface area contributed by atoms with Crippen LogP contribution in [0.1, 0.15) is 58.2 Å². The van der Waals surface area contributed by atoms with E-state index in [1.165, 1.54) is 12.7 Å². The molecule has 2 aliphatic heterocycles. The molecule has 0 N–H and O–H groups in total. The van der Waals surface area contributed by atoms with Gasteiger partial charge in [0.2, 0.25) is 5.88 Å². The van der Waals surface area contributed by atoms with Crippen LogP contribution in [0, 0.1) is 6.92 Å². The minimum Gasteiger partial charge on any atom is -0.473 e. The van der Waals surface area contributed by atoms with Gasteiger partial charge in [-0.05, 0) is 75.2 Å². The van der Waals surface area contributed by atoms with Gasteiger partial charge in [-0.1, -0.05) is 18.2 Å². The molecule has 43 heavy (non-hydrogen) atoms. The minimum atomic E-state index is -0.341. The van der Waals surface area contributed by atoms with Gasteiger partial charge in [0.25, 0.3) is 0 Å². The van der Waals surface area contributed by atoms with Gasteiger partial charge in [0.15, 0.2) is 0 Å². The summed E-state index contributed by atoms with van der Waals surface area (Å²) in [7, 11) is 1.41. The summed E-state index contributed by atoms with van der Waals surface area (Å²) >= 11 is 0. The molecule has 7 rings (SSSR count). The zero-order chi connectivity index (χ0) is 29.3. The molecular formula is C34H36N4O5. The molecule has 1 atom stereocenters. The summed E-state index contributed by atoms with van der Waals surface area (Å²) in [6, 6.07) is 17.8. The Labute approximate surface area is 250 Å². The number of benzene rings is 2. The van der Waals surface area contributed by atoms with E-state index in [0.717, 1.165) is 91.1 Å². The molecule has 9 heteroatoms. The van der Waals surface area contributed by atoms with Gasteiger partial charge in [-0.15, -0.1) is 0 Å². The number of furan rings is 1. The normalized spacial score (nSPS) is 17.8. The highest BCUT2D eigenvalue weighted by Crippen LogP contribution is 2.30. The minimum absolute atomic E-state index is 0.181. The molecule has 9 nitrogen and oxygen atoms in total. The summed E-state index contributed by atoms with van der Waals surface area (Å²) in [4.78, 5) is 24.5. The number of nitrogens with zero attached hydrogens (tertiary/aromatic N) is 4. The van der Waals surface area contributed by atoms with Crippen molar-refractivity contribution in [3.8, 4) is 5.88 Å². The Hall–Kier alpha value is -4.21. The lowest BCUT2D eigenvalue weighted by Crippen LogP contribution is -2.35. The number of likely N-dealkylation sites (tertiary alicyclic amines) is 1. The summed E-state index contributed by atoms with van der Waals surface area (Å²) in [5.74, 6) is 1.67. The molecule has 0 radical (unpaired) electrons. The number of aromatic nitrogens is 3. The first-order valence-electron chi connectivity index (χ1n) is 15.0. The van der Waals surface area contributed by atoms with Gasteiger partial charge in [0.1, 0.15) is 18.0 Å². The van der Waals surface area contributed by atoms with Crippen LogP contribution in [0.4, 0.5) is 0 Å². The number of imidazole rings is 1. The number of pyridine rings is 1. The van der Waals surface area contributed by atoms with Crippen molar-refractivity contribution < 1.29 is 23.4 Å². The fourth-order valence-electron chi connectivity index (χ4n) is 6.22. The van der Waals surface area contributed by atoms with E-state index in [1.807, 2.05) is 30.3 Å².